The minimum Gasteiger partial charge on any atom is -0.454 e. The SMILES string of the molecule is Cl.[2H]c1c([2H])c([2H])c(C2(OC(=O)CC)CC(C)N(C)CC2C)c([2H])c1[2H]. The number of nitrogens with zero attached hydrogens (tertiary/aromatic N) is 1. The first kappa shape index (κ1) is 11.5. The van der Waals surface area contributed by atoms with Gasteiger partial charge in [-0.25, -0.2) is 0 Å². The molecule has 1 aliphatic rings. The van der Waals surface area contributed by atoms with Gasteiger partial charge in [0.05, 0.1) is 6.85 Å². The smallest absolute Gasteiger partial charge is 0.306 e. The van der Waals surface area contributed by atoms with Gasteiger partial charge in [0.15, 0.2) is 0 Å². The first-order valence-corrected chi connectivity index (χ1v) is 7.06. The average Bonchev–Trinajstić information content (AvgIpc) is 2.56. The Morgan fingerprint density at radius 2 is 2.05 bits per heavy atom. The van der Waals surface area contributed by atoms with Crippen molar-refractivity contribution in [3.63, 3.8) is 0 Å². The third-order valence-electron chi connectivity index (χ3n) is 4.22. The Bertz CT molecular complexity index is 673. The minimum absolute atomic E-state index is 0. The van der Waals surface area contributed by atoms with E-state index in [2.05, 4.69) is 4.90 Å². The van der Waals surface area contributed by atoms with Crippen LogP contribution >= 0.6 is 12.4 Å². The molecule has 118 valence electrons. The normalized spacial score (nSPS) is 32.9. The second-order valence-electron chi connectivity index (χ2n) is 5.61. The molecular weight excluding hydrogens is 286 g/mol. The number of hydrogen-bond acceptors (Lipinski definition) is 3. The van der Waals surface area contributed by atoms with Crippen molar-refractivity contribution in [1.82, 2.24) is 4.90 Å². The van der Waals surface area contributed by atoms with Crippen LogP contribution < -0.4 is 0 Å². The molecule has 2 rings (SSSR count). The Morgan fingerprint density at radius 3 is 2.62 bits per heavy atom. The molecule has 1 fully saturated rings. The van der Waals surface area contributed by atoms with E-state index in [1.165, 1.54) is 0 Å². The first-order chi connectivity index (χ1) is 11.6. The molecule has 0 radical (unpaired) electrons. The van der Waals surface area contributed by atoms with Crippen LogP contribution in [0.25, 0.3) is 0 Å². The summed E-state index contributed by atoms with van der Waals surface area (Å²) in [4.78, 5) is 14.3. The molecular formula is C17H26ClNO2. The zero-order chi connectivity index (χ0) is 19.1. The Morgan fingerprint density at radius 1 is 1.43 bits per heavy atom. The lowest BCUT2D eigenvalue weighted by Crippen LogP contribution is -2.53. The Balaban J connectivity index is 0.00000338. The fourth-order valence-electron chi connectivity index (χ4n) is 2.83. The first-order valence-electron chi connectivity index (χ1n) is 9.56. The van der Waals surface area contributed by atoms with Crippen LogP contribution in [0.15, 0.2) is 30.2 Å². The van der Waals surface area contributed by atoms with Crippen LogP contribution in [0.2, 0.25) is 0 Å². The quantitative estimate of drug-likeness (QED) is 0.798. The number of hydrogen-bond donors (Lipinski definition) is 0. The van der Waals surface area contributed by atoms with Crippen molar-refractivity contribution in [2.45, 2.75) is 45.3 Å². The number of carbonyl (C=O) groups is 1. The maximum atomic E-state index is 12.2. The van der Waals surface area contributed by atoms with Gasteiger partial charge in [0.2, 0.25) is 0 Å². The summed E-state index contributed by atoms with van der Waals surface area (Å²) < 4.78 is 46.2. The number of carbonyl (C=O) groups excluding carboxylic acids is 1. The third kappa shape index (κ3) is 3.58. The summed E-state index contributed by atoms with van der Waals surface area (Å²) in [5, 5.41) is 0. The molecule has 0 spiro atoms. The van der Waals surface area contributed by atoms with E-state index in [0.29, 0.717) is 13.0 Å². The highest BCUT2D eigenvalue weighted by atomic mass is 35.5. The fraction of sp³-hybridized carbons (Fsp3) is 0.588. The highest BCUT2D eigenvalue weighted by Gasteiger charge is 2.46. The van der Waals surface area contributed by atoms with Crippen LogP contribution in [0.1, 0.15) is 46.0 Å². The third-order valence-corrected chi connectivity index (χ3v) is 4.22. The van der Waals surface area contributed by atoms with Crippen LogP contribution in [0.5, 0.6) is 0 Å². The summed E-state index contributed by atoms with van der Waals surface area (Å²) in [5.41, 5.74) is -1.14. The molecule has 0 amide bonds. The maximum absolute atomic E-state index is 12.2. The lowest BCUT2D eigenvalue weighted by molar-refractivity contribution is -0.177. The Hall–Kier alpha value is -1.06. The maximum Gasteiger partial charge on any atom is 0.306 e. The molecule has 0 N–H and O–H groups in total. The van der Waals surface area contributed by atoms with Crippen molar-refractivity contribution in [3.8, 4) is 0 Å². The number of esters is 1. The summed E-state index contributed by atoms with van der Waals surface area (Å²) in [6, 6.07) is -1.79. The molecule has 0 aliphatic carbocycles. The monoisotopic (exact) mass is 316 g/mol. The van der Waals surface area contributed by atoms with E-state index >= 15 is 0 Å². The van der Waals surface area contributed by atoms with E-state index in [1.807, 2.05) is 20.9 Å². The molecule has 1 aliphatic heterocycles. The van der Waals surface area contributed by atoms with Gasteiger partial charge in [-0.1, -0.05) is 44.1 Å². The van der Waals surface area contributed by atoms with Gasteiger partial charge in [-0.05, 0) is 19.5 Å². The number of ether oxygens (including phenoxy) is 1. The molecule has 1 aromatic carbocycles. The Labute approximate surface area is 141 Å². The molecule has 0 saturated carbocycles. The van der Waals surface area contributed by atoms with Gasteiger partial charge in [-0.15, -0.1) is 12.4 Å². The molecule has 0 bridgehead atoms. The van der Waals surface area contributed by atoms with Crippen LogP contribution in [0, 0.1) is 5.92 Å². The van der Waals surface area contributed by atoms with Gasteiger partial charge in [0.1, 0.15) is 5.60 Å². The van der Waals surface area contributed by atoms with Crippen molar-refractivity contribution < 1.29 is 16.4 Å². The van der Waals surface area contributed by atoms with Gasteiger partial charge >= 0.3 is 5.97 Å². The van der Waals surface area contributed by atoms with Crippen molar-refractivity contribution in [1.29, 1.82) is 0 Å². The van der Waals surface area contributed by atoms with Crippen molar-refractivity contribution in [2.24, 2.45) is 5.92 Å². The number of rotatable bonds is 3. The number of piperidine rings is 1. The molecule has 0 aromatic heterocycles. The van der Waals surface area contributed by atoms with Crippen LogP contribution in [-0.4, -0.2) is 30.5 Å². The average molecular weight is 317 g/mol. The van der Waals surface area contributed by atoms with Crippen molar-refractivity contribution >= 4 is 18.4 Å². The second kappa shape index (κ2) is 7.28. The predicted octanol–water partition coefficient (Wildman–Crippen LogP) is 3.62. The minimum atomic E-state index is -1.23. The standard InChI is InChI=1S/C17H25NO2.ClH/c1-5-16(19)20-17(15-9-7-6-8-10-15)11-14(3)18(4)12-13(17)2;/h6-10,13-14H,5,11-12H2,1-4H3;1H/i6D,7D,8D,9D,10D;. The summed E-state index contributed by atoms with van der Waals surface area (Å²) >= 11 is 0. The van der Waals surface area contributed by atoms with E-state index in [0.717, 1.165) is 0 Å². The molecule has 1 aromatic rings. The molecule has 21 heavy (non-hydrogen) atoms. The number of benzene rings is 1. The summed E-state index contributed by atoms with van der Waals surface area (Å²) in [5.74, 6) is -0.650. The van der Waals surface area contributed by atoms with Crippen LogP contribution in [0.3, 0.4) is 0 Å². The van der Waals surface area contributed by atoms with E-state index in [1.54, 1.807) is 6.92 Å². The topological polar surface area (TPSA) is 29.5 Å². The second-order valence-corrected chi connectivity index (χ2v) is 5.61. The number of halogens is 1. The predicted molar refractivity (Wildman–Crippen MR) is 87.6 cm³/mol. The summed E-state index contributed by atoms with van der Waals surface area (Å²) in [6.07, 6.45) is 0.543. The molecule has 1 heterocycles. The van der Waals surface area contributed by atoms with Crippen LogP contribution in [0.4, 0.5) is 0 Å². The van der Waals surface area contributed by atoms with Gasteiger partial charge in [-0.3, -0.25) is 4.79 Å². The van der Waals surface area contributed by atoms with Crippen molar-refractivity contribution in [2.75, 3.05) is 13.6 Å². The molecule has 3 nitrogen and oxygen atoms in total. The van der Waals surface area contributed by atoms with Gasteiger partial charge in [0, 0.05) is 31.3 Å². The Kier molecular flexibility index (Phi) is 3.99. The fourth-order valence-corrected chi connectivity index (χ4v) is 2.83. The van der Waals surface area contributed by atoms with Crippen molar-refractivity contribution in [3.05, 3.63) is 35.8 Å². The van der Waals surface area contributed by atoms with Gasteiger partial charge < -0.3 is 9.64 Å². The molecule has 4 heteroatoms. The molecule has 3 unspecified atom stereocenters. The summed E-state index contributed by atoms with van der Waals surface area (Å²) in [6.45, 7) is 6.16. The molecule has 3 atom stereocenters. The lowest BCUT2D eigenvalue weighted by Gasteiger charge is -2.48. The largest absolute Gasteiger partial charge is 0.454 e. The molecule has 1 saturated heterocycles. The summed E-state index contributed by atoms with van der Waals surface area (Å²) in [7, 11) is 1.97. The lowest BCUT2D eigenvalue weighted by atomic mass is 9.74. The zero-order valence-electron chi connectivity index (χ0n) is 17.9. The van der Waals surface area contributed by atoms with E-state index in [9.17, 15) is 4.79 Å². The zero-order valence-corrected chi connectivity index (χ0v) is 13.8. The van der Waals surface area contributed by atoms with E-state index < -0.39 is 29.7 Å². The van der Waals surface area contributed by atoms with Crippen LogP contribution in [-0.2, 0) is 15.1 Å². The highest BCUT2D eigenvalue weighted by molar-refractivity contribution is 5.85. The highest BCUT2D eigenvalue weighted by Crippen LogP contribution is 2.43. The van der Waals surface area contributed by atoms with E-state index in [4.69, 9.17) is 11.6 Å². The number of likely N-dealkylation sites (tertiary alicyclic amines) is 1. The van der Waals surface area contributed by atoms with E-state index in [-0.39, 0.29) is 48.4 Å². The van der Waals surface area contributed by atoms with Gasteiger partial charge in [-0.2, -0.15) is 0 Å². The van der Waals surface area contributed by atoms with Gasteiger partial charge in [0.25, 0.3) is 0 Å².